The summed E-state index contributed by atoms with van der Waals surface area (Å²) >= 11 is 0. The molecule has 5 nitrogen and oxygen atoms in total. The van der Waals surface area contributed by atoms with Crippen LogP contribution in [0.5, 0.6) is 0 Å². The number of likely N-dealkylation sites (tertiary alicyclic amines) is 1. The van der Waals surface area contributed by atoms with E-state index in [-0.39, 0.29) is 11.9 Å². The summed E-state index contributed by atoms with van der Waals surface area (Å²) in [5.41, 5.74) is 2.84. The minimum absolute atomic E-state index is 0.0164. The normalized spacial score (nSPS) is 18.2. The fraction of sp³-hybridized carbons (Fsp3) is 0.368. The number of carbonyl (C=O) groups excluding carboxylic acids is 1. The molecule has 24 heavy (non-hydrogen) atoms. The Morgan fingerprint density at radius 2 is 2.12 bits per heavy atom. The van der Waals surface area contributed by atoms with Crippen LogP contribution in [0.15, 0.2) is 41.1 Å². The van der Waals surface area contributed by atoms with E-state index in [1.807, 2.05) is 60.1 Å². The van der Waals surface area contributed by atoms with E-state index in [2.05, 4.69) is 5.10 Å². The standard InChI is InChI=1S/C19H21N3O2/c1-13-10-20-22(11-13)15-6-5-9-21(12-15)19(23)18-14(2)16-7-3-4-8-17(16)24-18/h3-4,7-8,10-11,15H,5-6,9,12H2,1-2H3/t15-/m1/s1. The number of rotatable bonds is 2. The highest BCUT2D eigenvalue weighted by molar-refractivity contribution is 5.98. The van der Waals surface area contributed by atoms with Gasteiger partial charge in [-0.2, -0.15) is 5.10 Å². The van der Waals surface area contributed by atoms with Gasteiger partial charge in [0, 0.05) is 30.2 Å². The minimum atomic E-state index is -0.0164. The third-order valence-electron chi connectivity index (χ3n) is 4.83. The fourth-order valence-corrected chi connectivity index (χ4v) is 3.51. The number of nitrogens with zero attached hydrogens (tertiary/aromatic N) is 3. The van der Waals surface area contributed by atoms with E-state index in [9.17, 15) is 4.79 Å². The number of fused-ring (bicyclic) bond motifs is 1. The number of benzene rings is 1. The second-order valence-electron chi connectivity index (χ2n) is 6.60. The van der Waals surface area contributed by atoms with E-state index >= 15 is 0 Å². The molecule has 5 heteroatoms. The van der Waals surface area contributed by atoms with Gasteiger partial charge in [0.25, 0.3) is 5.91 Å². The summed E-state index contributed by atoms with van der Waals surface area (Å²) in [7, 11) is 0. The highest BCUT2D eigenvalue weighted by Crippen LogP contribution is 2.28. The summed E-state index contributed by atoms with van der Waals surface area (Å²) in [6, 6.07) is 8.04. The lowest BCUT2D eigenvalue weighted by Crippen LogP contribution is -2.40. The number of aryl methyl sites for hydroxylation is 2. The van der Waals surface area contributed by atoms with Crippen molar-refractivity contribution in [3.63, 3.8) is 0 Å². The van der Waals surface area contributed by atoms with Gasteiger partial charge in [-0.1, -0.05) is 18.2 Å². The summed E-state index contributed by atoms with van der Waals surface area (Å²) in [6.07, 6.45) is 5.94. The zero-order valence-corrected chi connectivity index (χ0v) is 14.0. The molecule has 0 aliphatic carbocycles. The second-order valence-corrected chi connectivity index (χ2v) is 6.60. The number of furan rings is 1. The van der Waals surface area contributed by atoms with E-state index < -0.39 is 0 Å². The van der Waals surface area contributed by atoms with Gasteiger partial charge < -0.3 is 9.32 Å². The molecule has 1 aromatic carbocycles. The molecule has 0 saturated carbocycles. The summed E-state index contributed by atoms with van der Waals surface area (Å²) < 4.78 is 7.83. The van der Waals surface area contributed by atoms with Crippen molar-refractivity contribution in [3.8, 4) is 0 Å². The maximum absolute atomic E-state index is 13.0. The Morgan fingerprint density at radius 3 is 2.88 bits per heavy atom. The molecule has 0 spiro atoms. The molecule has 3 aromatic rings. The molecular weight excluding hydrogens is 302 g/mol. The van der Waals surface area contributed by atoms with Gasteiger partial charge in [-0.15, -0.1) is 0 Å². The number of para-hydroxylation sites is 1. The predicted octanol–water partition coefficient (Wildman–Crippen LogP) is 3.72. The molecule has 2 aromatic heterocycles. The molecule has 1 atom stereocenters. The van der Waals surface area contributed by atoms with Crippen LogP contribution in [0.25, 0.3) is 11.0 Å². The Balaban J connectivity index is 1.60. The Morgan fingerprint density at radius 1 is 1.29 bits per heavy atom. The van der Waals surface area contributed by atoms with Crippen LogP contribution in [-0.4, -0.2) is 33.7 Å². The molecule has 124 valence electrons. The van der Waals surface area contributed by atoms with Gasteiger partial charge in [0.15, 0.2) is 5.76 Å². The van der Waals surface area contributed by atoms with Crippen LogP contribution in [0.2, 0.25) is 0 Å². The highest BCUT2D eigenvalue weighted by Gasteiger charge is 2.29. The molecule has 1 aliphatic heterocycles. The average molecular weight is 323 g/mol. The van der Waals surface area contributed by atoms with E-state index in [1.165, 1.54) is 0 Å². The molecule has 1 fully saturated rings. The third kappa shape index (κ3) is 2.50. The van der Waals surface area contributed by atoms with E-state index in [1.54, 1.807) is 0 Å². The van der Waals surface area contributed by atoms with E-state index in [4.69, 9.17) is 4.42 Å². The van der Waals surface area contributed by atoms with Crippen molar-refractivity contribution >= 4 is 16.9 Å². The first-order chi connectivity index (χ1) is 11.6. The zero-order valence-electron chi connectivity index (χ0n) is 14.0. The molecular formula is C19H21N3O2. The fourth-order valence-electron chi connectivity index (χ4n) is 3.51. The highest BCUT2D eigenvalue weighted by atomic mass is 16.3. The lowest BCUT2D eigenvalue weighted by atomic mass is 10.0. The van der Waals surface area contributed by atoms with Gasteiger partial charge in [0.1, 0.15) is 5.58 Å². The SMILES string of the molecule is Cc1cnn([C@@H]2CCCN(C(=O)c3oc4ccccc4c3C)C2)c1. The number of aromatic nitrogens is 2. The maximum Gasteiger partial charge on any atom is 0.289 e. The molecule has 4 rings (SSSR count). The van der Waals surface area contributed by atoms with Gasteiger partial charge in [-0.3, -0.25) is 9.48 Å². The molecule has 0 radical (unpaired) electrons. The van der Waals surface area contributed by atoms with Gasteiger partial charge in [0.2, 0.25) is 0 Å². The van der Waals surface area contributed by atoms with Crippen LogP contribution >= 0.6 is 0 Å². The summed E-state index contributed by atoms with van der Waals surface area (Å²) in [5.74, 6) is 0.450. The quantitative estimate of drug-likeness (QED) is 0.722. The predicted molar refractivity (Wildman–Crippen MR) is 92.1 cm³/mol. The summed E-state index contributed by atoms with van der Waals surface area (Å²) in [6.45, 7) is 5.44. The van der Waals surface area contributed by atoms with Crippen molar-refractivity contribution in [2.24, 2.45) is 0 Å². The number of hydrogen-bond donors (Lipinski definition) is 0. The van der Waals surface area contributed by atoms with Crippen molar-refractivity contribution in [2.75, 3.05) is 13.1 Å². The molecule has 0 N–H and O–H groups in total. The van der Waals surface area contributed by atoms with Crippen LogP contribution in [0.4, 0.5) is 0 Å². The Bertz CT molecular complexity index is 893. The lowest BCUT2D eigenvalue weighted by Gasteiger charge is -2.32. The first-order valence-electron chi connectivity index (χ1n) is 8.41. The van der Waals surface area contributed by atoms with Gasteiger partial charge in [-0.05, 0) is 38.3 Å². The van der Waals surface area contributed by atoms with Crippen molar-refractivity contribution in [3.05, 3.63) is 53.5 Å². The summed E-state index contributed by atoms with van der Waals surface area (Å²) in [5, 5.41) is 5.42. The molecule has 3 heterocycles. The third-order valence-corrected chi connectivity index (χ3v) is 4.83. The maximum atomic E-state index is 13.0. The average Bonchev–Trinajstić information content (AvgIpc) is 3.19. The Labute approximate surface area is 140 Å². The van der Waals surface area contributed by atoms with Crippen molar-refractivity contribution in [1.29, 1.82) is 0 Å². The molecule has 1 aliphatic rings. The van der Waals surface area contributed by atoms with Crippen LogP contribution in [0, 0.1) is 13.8 Å². The van der Waals surface area contributed by atoms with Gasteiger partial charge in [-0.25, -0.2) is 0 Å². The minimum Gasteiger partial charge on any atom is -0.451 e. The number of hydrogen-bond acceptors (Lipinski definition) is 3. The van der Waals surface area contributed by atoms with Crippen LogP contribution in [-0.2, 0) is 0 Å². The molecule has 0 unspecified atom stereocenters. The second kappa shape index (κ2) is 5.82. The zero-order chi connectivity index (χ0) is 16.7. The largest absolute Gasteiger partial charge is 0.451 e. The topological polar surface area (TPSA) is 51.3 Å². The van der Waals surface area contributed by atoms with Gasteiger partial charge >= 0.3 is 0 Å². The van der Waals surface area contributed by atoms with Crippen molar-refractivity contribution in [1.82, 2.24) is 14.7 Å². The van der Waals surface area contributed by atoms with Crippen LogP contribution in [0.3, 0.4) is 0 Å². The smallest absolute Gasteiger partial charge is 0.289 e. The van der Waals surface area contributed by atoms with Crippen LogP contribution in [0.1, 0.15) is 40.6 Å². The number of carbonyl (C=O) groups is 1. The molecule has 0 bridgehead atoms. The Hall–Kier alpha value is -2.56. The first-order valence-corrected chi connectivity index (χ1v) is 8.41. The number of amides is 1. The van der Waals surface area contributed by atoms with Crippen molar-refractivity contribution < 1.29 is 9.21 Å². The first kappa shape index (κ1) is 15.0. The van der Waals surface area contributed by atoms with Crippen molar-refractivity contribution in [2.45, 2.75) is 32.7 Å². The summed E-state index contributed by atoms with van der Waals surface area (Å²) in [4.78, 5) is 14.9. The van der Waals surface area contributed by atoms with Gasteiger partial charge in [0.05, 0.1) is 12.2 Å². The monoisotopic (exact) mass is 323 g/mol. The molecule has 1 amide bonds. The molecule has 1 saturated heterocycles. The van der Waals surface area contributed by atoms with Crippen LogP contribution < -0.4 is 0 Å². The number of piperidine rings is 1. The lowest BCUT2D eigenvalue weighted by molar-refractivity contribution is 0.0642. The van der Waals surface area contributed by atoms with E-state index in [0.717, 1.165) is 41.5 Å². The van der Waals surface area contributed by atoms with E-state index in [0.29, 0.717) is 12.3 Å². The Kier molecular flexibility index (Phi) is 3.63.